The van der Waals surface area contributed by atoms with E-state index < -0.39 is 47.7 Å². The van der Waals surface area contributed by atoms with E-state index in [1.807, 2.05) is 0 Å². The first-order valence-corrected chi connectivity index (χ1v) is 5.06. The molecule has 1 aromatic rings. The Morgan fingerprint density at radius 2 is 1.86 bits per heavy atom. The first kappa shape index (κ1) is 16.9. The normalized spacial score (nSPS) is 12.1. The third-order valence-corrected chi connectivity index (χ3v) is 2.14. The highest BCUT2D eigenvalue weighted by atomic mass is 19.4. The van der Waals surface area contributed by atoms with Gasteiger partial charge in [-0.15, -0.1) is 13.2 Å². The van der Waals surface area contributed by atoms with Crippen molar-refractivity contribution in [2.24, 2.45) is 0 Å². The molecule has 0 aliphatic carbocycles. The Hall–Kier alpha value is -2.20. The van der Waals surface area contributed by atoms with Gasteiger partial charge in [-0.25, -0.2) is 4.98 Å². The van der Waals surface area contributed by atoms with Crippen molar-refractivity contribution in [1.82, 2.24) is 4.98 Å². The predicted molar refractivity (Wildman–Crippen MR) is 53.8 cm³/mol. The number of nitrogens with zero attached hydrogens (tertiary/aromatic N) is 1. The van der Waals surface area contributed by atoms with Crippen LogP contribution in [0.3, 0.4) is 0 Å². The van der Waals surface area contributed by atoms with Gasteiger partial charge < -0.3 is 14.6 Å². The van der Waals surface area contributed by atoms with Crippen molar-refractivity contribution in [2.45, 2.75) is 19.0 Å². The molecule has 1 rings (SSSR count). The number of carbonyl (C=O) groups is 1. The molecule has 0 bridgehead atoms. The van der Waals surface area contributed by atoms with Gasteiger partial charge in [0.05, 0.1) is 19.1 Å². The second-order valence-electron chi connectivity index (χ2n) is 3.60. The topological polar surface area (TPSA) is 68.7 Å². The summed E-state index contributed by atoms with van der Waals surface area (Å²) in [6.45, 7) is 0. The monoisotopic (exact) mass is 319 g/mol. The molecule has 0 atom stereocenters. The van der Waals surface area contributed by atoms with Crippen LogP contribution in [-0.2, 0) is 17.4 Å². The van der Waals surface area contributed by atoms with E-state index in [9.17, 15) is 31.1 Å². The second-order valence-corrected chi connectivity index (χ2v) is 3.60. The van der Waals surface area contributed by atoms with Crippen molar-refractivity contribution in [2.75, 3.05) is 7.11 Å². The van der Waals surface area contributed by atoms with Gasteiger partial charge in [0, 0.05) is 6.20 Å². The molecule has 0 amide bonds. The van der Waals surface area contributed by atoms with Crippen molar-refractivity contribution in [3.05, 3.63) is 17.3 Å². The zero-order chi connectivity index (χ0) is 16.4. The van der Waals surface area contributed by atoms with Crippen LogP contribution in [0.5, 0.6) is 11.6 Å². The molecule has 0 radical (unpaired) electrons. The Balaban J connectivity index is 3.50. The van der Waals surface area contributed by atoms with Gasteiger partial charge >= 0.3 is 18.5 Å². The number of hydrogen-bond acceptors (Lipinski definition) is 4. The summed E-state index contributed by atoms with van der Waals surface area (Å²) in [6.07, 6.45) is -11.3. The Labute approximate surface area is 113 Å². The molecule has 1 heterocycles. The quantitative estimate of drug-likeness (QED) is 0.864. The number of rotatable bonds is 4. The number of methoxy groups -OCH3 is 1. The van der Waals surface area contributed by atoms with E-state index in [0.29, 0.717) is 0 Å². The lowest BCUT2D eigenvalue weighted by Crippen LogP contribution is -2.21. The lowest BCUT2D eigenvalue weighted by Gasteiger charge is -2.18. The van der Waals surface area contributed by atoms with Crippen LogP contribution in [-0.4, -0.2) is 29.5 Å². The third-order valence-electron chi connectivity index (χ3n) is 2.14. The molecule has 21 heavy (non-hydrogen) atoms. The van der Waals surface area contributed by atoms with Crippen LogP contribution in [0, 0.1) is 0 Å². The lowest BCUT2D eigenvalue weighted by molar-refractivity contribution is -0.276. The molecule has 0 saturated carbocycles. The number of hydrogen-bond donors (Lipinski definition) is 1. The van der Waals surface area contributed by atoms with Crippen LogP contribution in [0.4, 0.5) is 26.3 Å². The fraction of sp³-hybridized carbons (Fsp3) is 0.400. The summed E-state index contributed by atoms with van der Waals surface area (Å²) in [6, 6.07) is 0. The highest BCUT2D eigenvalue weighted by molar-refractivity contribution is 5.73. The van der Waals surface area contributed by atoms with Crippen molar-refractivity contribution in [1.29, 1.82) is 0 Å². The van der Waals surface area contributed by atoms with Crippen molar-refractivity contribution in [3.63, 3.8) is 0 Å². The minimum absolute atomic E-state index is 0.0747. The number of ether oxygens (including phenoxy) is 2. The van der Waals surface area contributed by atoms with Crippen LogP contribution in [0.1, 0.15) is 11.1 Å². The molecule has 0 aliphatic heterocycles. The van der Waals surface area contributed by atoms with Crippen LogP contribution in [0.2, 0.25) is 0 Å². The second kappa shape index (κ2) is 5.66. The molecule has 0 aliphatic rings. The van der Waals surface area contributed by atoms with Gasteiger partial charge in [0.25, 0.3) is 0 Å². The summed E-state index contributed by atoms with van der Waals surface area (Å²) in [5.74, 6) is -4.07. The summed E-state index contributed by atoms with van der Waals surface area (Å²) in [5.41, 5.74) is -2.46. The third kappa shape index (κ3) is 4.39. The van der Waals surface area contributed by atoms with Gasteiger partial charge in [-0.05, 0) is 0 Å². The van der Waals surface area contributed by atoms with Gasteiger partial charge in [0.15, 0.2) is 0 Å². The largest absolute Gasteiger partial charge is 0.574 e. The fourth-order valence-corrected chi connectivity index (χ4v) is 1.46. The number of aromatic nitrogens is 1. The Morgan fingerprint density at radius 1 is 1.29 bits per heavy atom. The van der Waals surface area contributed by atoms with Gasteiger partial charge in [-0.1, -0.05) is 0 Å². The van der Waals surface area contributed by atoms with E-state index in [-0.39, 0.29) is 6.20 Å². The first-order valence-electron chi connectivity index (χ1n) is 5.06. The highest BCUT2D eigenvalue weighted by Crippen LogP contribution is 2.41. The summed E-state index contributed by atoms with van der Waals surface area (Å²) in [5, 5.41) is 8.60. The molecule has 0 fully saturated rings. The SMILES string of the molecule is COc1c(C(F)(F)F)cnc(OC(F)(F)F)c1CC(=O)O. The molecule has 1 aromatic heterocycles. The van der Waals surface area contributed by atoms with E-state index in [1.165, 1.54) is 0 Å². The number of halogens is 6. The summed E-state index contributed by atoms with van der Waals surface area (Å²) in [4.78, 5) is 13.5. The zero-order valence-corrected chi connectivity index (χ0v) is 10.2. The molecule has 0 unspecified atom stereocenters. The number of carboxylic acid groups (broad SMARTS) is 1. The van der Waals surface area contributed by atoms with E-state index in [0.717, 1.165) is 7.11 Å². The molecule has 11 heteroatoms. The minimum atomic E-state index is -5.25. The average Bonchev–Trinajstić information content (AvgIpc) is 2.26. The Morgan fingerprint density at radius 3 is 2.24 bits per heavy atom. The molecular formula is C10H7F6NO4. The predicted octanol–water partition coefficient (Wildman–Crippen LogP) is 2.63. The number of pyridine rings is 1. The maximum Gasteiger partial charge on any atom is 0.574 e. The number of aliphatic carboxylic acids is 1. The first-order chi connectivity index (χ1) is 9.45. The van der Waals surface area contributed by atoms with Crippen LogP contribution < -0.4 is 9.47 Å². The molecule has 0 spiro atoms. The number of carboxylic acids is 1. The molecule has 0 saturated heterocycles. The minimum Gasteiger partial charge on any atom is -0.496 e. The maximum absolute atomic E-state index is 12.7. The summed E-state index contributed by atoms with van der Waals surface area (Å²) < 4.78 is 82.4. The lowest BCUT2D eigenvalue weighted by atomic mass is 10.1. The highest BCUT2D eigenvalue weighted by Gasteiger charge is 2.39. The van der Waals surface area contributed by atoms with E-state index in [2.05, 4.69) is 14.5 Å². The summed E-state index contributed by atoms with van der Waals surface area (Å²) in [7, 11) is 0.757. The molecule has 5 nitrogen and oxygen atoms in total. The molecule has 118 valence electrons. The van der Waals surface area contributed by atoms with E-state index in [4.69, 9.17) is 5.11 Å². The van der Waals surface area contributed by atoms with Crippen LogP contribution >= 0.6 is 0 Å². The number of alkyl halides is 6. The molecule has 1 N–H and O–H groups in total. The molecule has 0 aromatic carbocycles. The van der Waals surface area contributed by atoms with Gasteiger partial charge in [0.2, 0.25) is 5.88 Å². The van der Waals surface area contributed by atoms with Gasteiger partial charge in [0.1, 0.15) is 11.3 Å². The Kier molecular flexibility index (Phi) is 4.54. The zero-order valence-electron chi connectivity index (χ0n) is 10.2. The molecular weight excluding hydrogens is 312 g/mol. The van der Waals surface area contributed by atoms with Crippen molar-refractivity contribution in [3.8, 4) is 11.6 Å². The van der Waals surface area contributed by atoms with Crippen molar-refractivity contribution >= 4 is 5.97 Å². The average molecular weight is 319 g/mol. The standard InChI is InChI=1S/C10H7F6NO4/c1-20-7-4(2-6(18)19)8(21-10(14,15)16)17-3-5(7)9(11,12)13/h3H,2H2,1H3,(H,18,19). The van der Waals surface area contributed by atoms with E-state index in [1.54, 1.807) is 0 Å². The van der Waals surface area contributed by atoms with Gasteiger partial charge in [-0.2, -0.15) is 13.2 Å². The smallest absolute Gasteiger partial charge is 0.496 e. The summed E-state index contributed by atoms with van der Waals surface area (Å²) >= 11 is 0. The van der Waals surface area contributed by atoms with Crippen LogP contribution in [0.25, 0.3) is 0 Å². The van der Waals surface area contributed by atoms with Crippen LogP contribution in [0.15, 0.2) is 6.20 Å². The fourth-order valence-electron chi connectivity index (χ4n) is 1.46. The maximum atomic E-state index is 12.7. The van der Waals surface area contributed by atoms with E-state index >= 15 is 0 Å². The Bertz CT molecular complexity index is 540. The van der Waals surface area contributed by atoms with Gasteiger partial charge in [-0.3, -0.25) is 4.79 Å². The van der Waals surface area contributed by atoms with Crippen molar-refractivity contribution < 1.29 is 45.7 Å².